The Morgan fingerprint density at radius 2 is 2.00 bits per heavy atom. The van der Waals surface area contributed by atoms with Crippen molar-refractivity contribution in [2.45, 2.75) is 20.0 Å². The lowest BCUT2D eigenvalue weighted by atomic mass is 10.1. The van der Waals surface area contributed by atoms with Crippen molar-refractivity contribution in [1.29, 1.82) is 0 Å². The van der Waals surface area contributed by atoms with Crippen molar-refractivity contribution in [3.8, 4) is 5.75 Å². The van der Waals surface area contributed by atoms with Gasteiger partial charge >= 0.3 is 5.97 Å². The SMILES string of the molecule is CCOC(=O)Cc1csc(NN=Cc2ccc(COc3ccc(F)c(F)c3)cc2)n1. The third-order valence-corrected chi connectivity index (χ3v) is 4.63. The number of hydrogen-bond donors (Lipinski definition) is 1. The van der Waals surface area contributed by atoms with E-state index in [1.54, 1.807) is 18.5 Å². The number of carbonyl (C=O) groups is 1. The molecular formula is C21H19F2N3O3S. The van der Waals surface area contributed by atoms with Crippen LogP contribution >= 0.6 is 11.3 Å². The zero-order valence-electron chi connectivity index (χ0n) is 16.1. The molecule has 156 valence electrons. The maximum atomic E-state index is 13.2. The van der Waals surface area contributed by atoms with Crippen molar-refractivity contribution in [2.24, 2.45) is 5.10 Å². The number of carbonyl (C=O) groups excluding carboxylic acids is 1. The summed E-state index contributed by atoms with van der Waals surface area (Å²) in [6.45, 7) is 2.32. The second-order valence-corrected chi connectivity index (χ2v) is 6.96. The van der Waals surface area contributed by atoms with E-state index in [9.17, 15) is 13.6 Å². The Labute approximate surface area is 176 Å². The molecule has 0 radical (unpaired) electrons. The van der Waals surface area contributed by atoms with Crippen molar-refractivity contribution in [3.63, 3.8) is 0 Å². The van der Waals surface area contributed by atoms with Crippen LogP contribution in [0.3, 0.4) is 0 Å². The van der Waals surface area contributed by atoms with Gasteiger partial charge in [-0.05, 0) is 30.2 Å². The van der Waals surface area contributed by atoms with Crippen LogP contribution < -0.4 is 10.2 Å². The number of rotatable bonds is 9. The Balaban J connectivity index is 1.48. The summed E-state index contributed by atoms with van der Waals surface area (Å²) in [5, 5.41) is 6.48. The number of anilines is 1. The fourth-order valence-electron chi connectivity index (χ4n) is 2.39. The second-order valence-electron chi connectivity index (χ2n) is 6.10. The molecule has 1 aromatic heterocycles. The monoisotopic (exact) mass is 431 g/mol. The first-order chi connectivity index (χ1) is 14.5. The standard InChI is InChI=1S/C21H19F2N3O3S/c1-2-28-20(27)9-16-13-30-21(25-16)26-24-11-14-3-5-15(6-4-14)12-29-17-7-8-18(22)19(23)10-17/h3-8,10-11,13H,2,9,12H2,1H3,(H,25,26). The number of thiazole rings is 1. The number of hydrogen-bond acceptors (Lipinski definition) is 7. The summed E-state index contributed by atoms with van der Waals surface area (Å²) in [5.41, 5.74) is 5.17. The highest BCUT2D eigenvalue weighted by molar-refractivity contribution is 7.13. The molecule has 0 aliphatic heterocycles. The molecule has 1 heterocycles. The molecule has 0 saturated heterocycles. The minimum atomic E-state index is -0.945. The first-order valence-corrected chi connectivity index (χ1v) is 9.97. The van der Waals surface area contributed by atoms with Crippen LogP contribution in [0.2, 0.25) is 0 Å². The second kappa shape index (κ2) is 10.4. The quantitative estimate of drug-likeness (QED) is 0.306. The number of benzene rings is 2. The van der Waals surface area contributed by atoms with E-state index in [1.807, 2.05) is 24.3 Å². The predicted molar refractivity (Wildman–Crippen MR) is 111 cm³/mol. The third kappa shape index (κ3) is 6.35. The van der Waals surface area contributed by atoms with E-state index < -0.39 is 11.6 Å². The van der Waals surface area contributed by atoms with E-state index in [2.05, 4.69) is 15.5 Å². The summed E-state index contributed by atoms with van der Waals surface area (Å²) in [6.07, 6.45) is 1.76. The average Bonchev–Trinajstić information content (AvgIpc) is 3.17. The Morgan fingerprint density at radius 1 is 1.20 bits per heavy atom. The Kier molecular flexibility index (Phi) is 7.45. The van der Waals surface area contributed by atoms with Gasteiger partial charge in [0.15, 0.2) is 11.6 Å². The third-order valence-electron chi connectivity index (χ3n) is 3.83. The van der Waals surface area contributed by atoms with Gasteiger partial charge in [0.05, 0.1) is 24.9 Å². The first-order valence-electron chi connectivity index (χ1n) is 9.09. The van der Waals surface area contributed by atoms with Gasteiger partial charge in [0.25, 0.3) is 0 Å². The van der Waals surface area contributed by atoms with Crippen LogP contribution in [-0.2, 0) is 22.6 Å². The number of esters is 1. The summed E-state index contributed by atoms with van der Waals surface area (Å²) < 4.78 is 36.5. The molecule has 6 nitrogen and oxygen atoms in total. The molecule has 3 aromatic rings. The van der Waals surface area contributed by atoms with E-state index in [4.69, 9.17) is 9.47 Å². The van der Waals surface area contributed by atoms with Gasteiger partial charge in [-0.2, -0.15) is 5.10 Å². The fourth-order valence-corrected chi connectivity index (χ4v) is 3.05. The lowest BCUT2D eigenvalue weighted by molar-refractivity contribution is -0.142. The average molecular weight is 431 g/mol. The maximum Gasteiger partial charge on any atom is 0.311 e. The van der Waals surface area contributed by atoms with Crippen molar-refractivity contribution in [3.05, 3.63) is 76.3 Å². The van der Waals surface area contributed by atoms with Gasteiger partial charge in [-0.15, -0.1) is 11.3 Å². The zero-order valence-corrected chi connectivity index (χ0v) is 16.9. The minimum Gasteiger partial charge on any atom is -0.489 e. The van der Waals surface area contributed by atoms with Crippen LogP contribution in [0.15, 0.2) is 52.9 Å². The Bertz CT molecular complexity index is 1020. The van der Waals surface area contributed by atoms with Crippen LogP contribution in [0.5, 0.6) is 5.75 Å². The van der Waals surface area contributed by atoms with Gasteiger partial charge in [0.1, 0.15) is 12.4 Å². The van der Waals surface area contributed by atoms with E-state index in [0.717, 1.165) is 23.3 Å². The highest BCUT2D eigenvalue weighted by Crippen LogP contribution is 2.18. The number of ether oxygens (including phenoxy) is 2. The van der Waals surface area contributed by atoms with Crippen molar-refractivity contribution >= 4 is 28.7 Å². The molecule has 0 aliphatic rings. The van der Waals surface area contributed by atoms with Gasteiger partial charge in [-0.3, -0.25) is 10.2 Å². The topological polar surface area (TPSA) is 72.8 Å². The van der Waals surface area contributed by atoms with Crippen LogP contribution in [0.4, 0.5) is 13.9 Å². The van der Waals surface area contributed by atoms with Crippen LogP contribution in [0, 0.1) is 11.6 Å². The molecule has 0 aliphatic carbocycles. The van der Waals surface area contributed by atoms with Crippen molar-refractivity contribution in [1.82, 2.24) is 4.98 Å². The number of hydrazone groups is 1. The molecule has 0 atom stereocenters. The minimum absolute atomic E-state index is 0.129. The molecule has 0 saturated carbocycles. The highest BCUT2D eigenvalue weighted by Gasteiger charge is 2.08. The summed E-state index contributed by atoms with van der Waals surface area (Å²) in [7, 11) is 0. The van der Waals surface area contributed by atoms with Gasteiger partial charge in [0.2, 0.25) is 5.13 Å². The fraction of sp³-hybridized carbons (Fsp3) is 0.190. The van der Waals surface area contributed by atoms with E-state index in [-0.39, 0.29) is 24.7 Å². The summed E-state index contributed by atoms with van der Waals surface area (Å²) in [4.78, 5) is 15.7. The van der Waals surface area contributed by atoms with E-state index in [0.29, 0.717) is 17.4 Å². The molecule has 2 aromatic carbocycles. The summed E-state index contributed by atoms with van der Waals surface area (Å²) >= 11 is 1.34. The lowest BCUT2D eigenvalue weighted by Gasteiger charge is -2.07. The maximum absolute atomic E-state index is 13.2. The number of nitrogens with one attached hydrogen (secondary N) is 1. The molecule has 1 N–H and O–H groups in total. The molecular weight excluding hydrogens is 412 g/mol. The molecule has 0 amide bonds. The van der Waals surface area contributed by atoms with Gasteiger partial charge < -0.3 is 9.47 Å². The molecule has 3 rings (SSSR count). The molecule has 0 bridgehead atoms. The first kappa shape index (κ1) is 21.4. The van der Waals surface area contributed by atoms with Crippen molar-refractivity contribution < 1.29 is 23.0 Å². The van der Waals surface area contributed by atoms with E-state index in [1.165, 1.54) is 17.4 Å². The number of nitrogens with zero attached hydrogens (tertiary/aromatic N) is 2. The Morgan fingerprint density at radius 3 is 2.73 bits per heavy atom. The Hall–Kier alpha value is -3.33. The summed E-state index contributed by atoms with van der Waals surface area (Å²) in [6, 6.07) is 10.8. The van der Waals surface area contributed by atoms with E-state index >= 15 is 0 Å². The van der Waals surface area contributed by atoms with Crippen LogP contribution in [-0.4, -0.2) is 23.8 Å². The molecule has 9 heteroatoms. The molecule has 30 heavy (non-hydrogen) atoms. The number of aromatic nitrogens is 1. The normalized spacial score (nSPS) is 10.9. The van der Waals surface area contributed by atoms with Crippen LogP contribution in [0.1, 0.15) is 23.7 Å². The highest BCUT2D eigenvalue weighted by atomic mass is 32.1. The smallest absolute Gasteiger partial charge is 0.311 e. The van der Waals surface area contributed by atoms with Crippen molar-refractivity contribution in [2.75, 3.05) is 12.0 Å². The van der Waals surface area contributed by atoms with Gasteiger partial charge in [-0.1, -0.05) is 24.3 Å². The predicted octanol–water partition coefficient (Wildman–Crippen LogP) is 4.55. The number of halogens is 2. The largest absolute Gasteiger partial charge is 0.489 e. The lowest BCUT2D eigenvalue weighted by Crippen LogP contribution is -2.07. The molecule has 0 spiro atoms. The molecule has 0 fully saturated rings. The van der Waals surface area contributed by atoms with Crippen LogP contribution in [0.25, 0.3) is 0 Å². The van der Waals surface area contributed by atoms with Gasteiger partial charge in [0, 0.05) is 11.4 Å². The van der Waals surface area contributed by atoms with Gasteiger partial charge in [-0.25, -0.2) is 13.8 Å². The zero-order chi connectivity index (χ0) is 21.3. The molecule has 0 unspecified atom stereocenters. The summed E-state index contributed by atoms with van der Waals surface area (Å²) in [5.74, 6) is -1.91.